The Kier molecular flexibility index (Phi) is 5.85. The second kappa shape index (κ2) is 6.69. The summed E-state index contributed by atoms with van der Waals surface area (Å²) in [5.41, 5.74) is -6.77. The standard InChI is InChI=1S/C12H13F11N2O/c1-7(8(13,14)15)26-12(22,23)9(16,10(17,18)19)11(20,21)25-5-3-24(2)4-6-25/h1,3-6H2,2H3. The topological polar surface area (TPSA) is 15.7 Å². The third-order valence-electron chi connectivity index (χ3n) is 3.67. The van der Waals surface area contributed by atoms with Crippen molar-refractivity contribution < 1.29 is 53.0 Å². The fraction of sp³-hybridized carbons (Fsp3) is 0.833. The van der Waals surface area contributed by atoms with Crippen LogP contribution in [0.15, 0.2) is 12.3 Å². The van der Waals surface area contributed by atoms with E-state index in [1.165, 1.54) is 11.9 Å². The minimum Gasteiger partial charge on any atom is -0.425 e. The SMILES string of the molecule is C=C(OC(F)(F)C(F)(C(F)(F)F)C(F)(F)N1CCN(C)CC1)C(F)(F)F. The number of halogens is 11. The molecule has 0 aliphatic carbocycles. The average molecular weight is 410 g/mol. The maximum Gasteiger partial charge on any atom is 0.450 e. The summed E-state index contributed by atoms with van der Waals surface area (Å²) in [6, 6.07) is -5.93. The summed E-state index contributed by atoms with van der Waals surface area (Å²) in [7, 11) is 1.38. The second-order valence-corrected chi connectivity index (χ2v) is 5.53. The zero-order chi connectivity index (χ0) is 20.8. The molecule has 0 radical (unpaired) electrons. The third kappa shape index (κ3) is 3.85. The highest BCUT2D eigenvalue weighted by Crippen LogP contribution is 2.56. The number of nitrogens with zero attached hydrogens (tertiary/aromatic N) is 2. The van der Waals surface area contributed by atoms with Crippen LogP contribution >= 0.6 is 0 Å². The van der Waals surface area contributed by atoms with Gasteiger partial charge in [0.1, 0.15) is 0 Å². The molecule has 0 amide bonds. The Morgan fingerprint density at radius 1 is 0.808 bits per heavy atom. The first kappa shape index (κ1) is 22.7. The van der Waals surface area contributed by atoms with Gasteiger partial charge in [0, 0.05) is 26.2 Å². The van der Waals surface area contributed by atoms with Gasteiger partial charge in [-0.3, -0.25) is 0 Å². The van der Waals surface area contributed by atoms with E-state index in [1.807, 2.05) is 6.58 Å². The number of hydrogen-bond acceptors (Lipinski definition) is 3. The van der Waals surface area contributed by atoms with E-state index in [0.717, 1.165) is 0 Å². The van der Waals surface area contributed by atoms with E-state index in [0.29, 0.717) is 0 Å². The van der Waals surface area contributed by atoms with Gasteiger partial charge in [-0.2, -0.15) is 43.9 Å². The molecule has 0 spiro atoms. The number of hydrogen-bond donors (Lipinski definition) is 0. The molecule has 1 atom stereocenters. The molecule has 1 aliphatic rings. The van der Waals surface area contributed by atoms with Crippen molar-refractivity contribution >= 4 is 0 Å². The first-order chi connectivity index (χ1) is 11.4. The van der Waals surface area contributed by atoms with E-state index in [-0.39, 0.29) is 13.1 Å². The molecule has 3 nitrogen and oxygen atoms in total. The molecule has 0 aromatic carbocycles. The molecular weight excluding hydrogens is 397 g/mol. The lowest BCUT2D eigenvalue weighted by atomic mass is 9.98. The van der Waals surface area contributed by atoms with Gasteiger partial charge in [-0.15, -0.1) is 0 Å². The van der Waals surface area contributed by atoms with Crippen molar-refractivity contribution in [3.05, 3.63) is 12.3 Å². The molecule has 0 bridgehead atoms. The van der Waals surface area contributed by atoms with Crippen LogP contribution in [-0.2, 0) is 4.74 Å². The lowest BCUT2D eigenvalue weighted by Crippen LogP contribution is -2.73. The molecule has 154 valence electrons. The van der Waals surface area contributed by atoms with Crippen molar-refractivity contribution in [3.63, 3.8) is 0 Å². The van der Waals surface area contributed by atoms with E-state index < -0.39 is 53.9 Å². The molecule has 1 aliphatic heterocycles. The first-order valence-corrected chi connectivity index (χ1v) is 6.78. The molecule has 1 fully saturated rings. The maximum atomic E-state index is 14.3. The average Bonchev–Trinajstić information content (AvgIpc) is 2.43. The predicted molar refractivity (Wildman–Crippen MR) is 65.1 cm³/mol. The monoisotopic (exact) mass is 410 g/mol. The quantitative estimate of drug-likeness (QED) is 0.390. The van der Waals surface area contributed by atoms with Gasteiger partial charge in [0.2, 0.25) is 0 Å². The van der Waals surface area contributed by atoms with Crippen LogP contribution in [0.5, 0.6) is 0 Å². The molecule has 0 aromatic rings. The fourth-order valence-electron chi connectivity index (χ4n) is 2.10. The highest BCUT2D eigenvalue weighted by atomic mass is 19.4. The number of likely N-dealkylation sites (N-methyl/N-ethyl adjacent to an activating group) is 1. The molecule has 1 unspecified atom stereocenters. The predicted octanol–water partition coefficient (Wildman–Crippen LogP) is 3.78. The van der Waals surface area contributed by atoms with Gasteiger partial charge in [0.05, 0.1) is 0 Å². The van der Waals surface area contributed by atoms with Crippen molar-refractivity contribution in [1.82, 2.24) is 9.80 Å². The molecule has 1 rings (SSSR count). The molecule has 26 heavy (non-hydrogen) atoms. The smallest absolute Gasteiger partial charge is 0.425 e. The summed E-state index contributed by atoms with van der Waals surface area (Å²) in [6.45, 7) is -0.630. The third-order valence-corrected chi connectivity index (χ3v) is 3.67. The lowest BCUT2D eigenvalue weighted by molar-refractivity contribution is -0.446. The first-order valence-electron chi connectivity index (χ1n) is 6.78. The van der Waals surface area contributed by atoms with E-state index >= 15 is 0 Å². The fourth-order valence-corrected chi connectivity index (χ4v) is 2.10. The van der Waals surface area contributed by atoms with Gasteiger partial charge in [0.25, 0.3) is 0 Å². The summed E-state index contributed by atoms with van der Waals surface area (Å²) in [4.78, 5) is 0.828. The van der Waals surface area contributed by atoms with Gasteiger partial charge in [-0.05, 0) is 7.05 Å². The van der Waals surface area contributed by atoms with E-state index in [1.54, 1.807) is 0 Å². The molecule has 0 N–H and O–H groups in total. The van der Waals surface area contributed by atoms with Crippen molar-refractivity contribution in [2.75, 3.05) is 33.2 Å². The maximum absolute atomic E-state index is 14.3. The van der Waals surface area contributed by atoms with Gasteiger partial charge in [-0.1, -0.05) is 6.58 Å². The Bertz CT molecular complexity index is 522. The summed E-state index contributed by atoms with van der Waals surface area (Å²) >= 11 is 0. The normalized spacial score (nSPS) is 21.4. The molecule has 1 heterocycles. The number of ether oxygens (including phenoxy) is 1. The van der Waals surface area contributed by atoms with Crippen molar-refractivity contribution in [1.29, 1.82) is 0 Å². The Morgan fingerprint density at radius 2 is 1.23 bits per heavy atom. The molecule has 1 saturated heterocycles. The van der Waals surface area contributed by atoms with E-state index in [9.17, 15) is 48.3 Å². The zero-order valence-corrected chi connectivity index (χ0v) is 13.0. The Morgan fingerprint density at radius 3 is 1.58 bits per heavy atom. The van der Waals surface area contributed by atoms with E-state index in [4.69, 9.17) is 0 Å². The Labute approximate surface area is 140 Å². The number of piperazine rings is 1. The van der Waals surface area contributed by atoms with Crippen molar-refractivity contribution in [2.45, 2.75) is 30.2 Å². The lowest BCUT2D eigenvalue weighted by Gasteiger charge is -2.45. The minimum atomic E-state index is -6.98. The zero-order valence-electron chi connectivity index (χ0n) is 13.0. The van der Waals surface area contributed by atoms with Gasteiger partial charge in [-0.25, -0.2) is 9.29 Å². The van der Waals surface area contributed by atoms with Crippen molar-refractivity contribution in [2.24, 2.45) is 0 Å². The number of rotatable bonds is 5. The molecule has 0 aromatic heterocycles. The summed E-state index contributed by atoms with van der Waals surface area (Å²) in [5, 5.41) is 0. The van der Waals surface area contributed by atoms with Crippen molar-refractivity contribution in [3.8, 4) is 0 Å². The second-order valence-electron chi connectivity index (χ2n) is 5.53. The van der Waals surface area contributed by atoms with Gasteiger partial charge < -0.3 is 9.64 Å². The Balaban J connectivity index is 3.35. The largest absolute Gasteiger partial charge is 0.450 e. The van der Waals surface area contributed by atoms with E-state index in [2.05, 4.69) is 4.74 Å². The van der Waals surface area contributed by atoms with Crippen LogP contribution < -0.4 is 0 Å². The van der Waals surface area contributed by atoms with Crippen LogP contribution in [0.2, 0.25) is 0 Å². The number of allylic oxidation sites excluding steroid dienone is 1. The highest BCUT2D eigenvalue weighted by molar-refractivity contribution is 5.08. The Hall–Kier alpha value is -1.31. The van der Waals surface area contributed by atoms with Gasteiger partial charge >= 0.3 is 30.2 Å². The number of alkyl halides is 11. The minimum absolute atomic E-state index is 0.314. The van der Waals surface area contributed by atoms with Crippen LogP contribution in [0.4, 0.5) is 48.3 Å². The van der Waals surface area contributed by atoms with Gasteiger partial charge in [0.15, 0.2) is 5.76 Å². The molecular formula is C12H13F11N2O. The molecule has 0 saturated carbocycles. The highest BCUT2D eigenvalue weighted by Gasteiger charge is 2.87. The summed E-state index contributed by atoms with van der Waals surface area (Å²) < 4.78 is 148. The van der Waals surface area contributed by atoms with Crippen LogP contribution in [0, 0.1) is 0 Å². The molecule has 14 heteroatoms. The van der Waals surface area contributed by atoms with Crippen LogP contribution in [0.3, 0.4) is 0 Å². The van der Waals surface area contributed by atoms with Crippen LogP contribution in [0.25, 0.3) is 0 Å². The summed E-state index contributed by atoms with van der Waals surface area (Å²) in [6.07, 6.45) is -19.4. The van der Waals surface area contributed by atoms with Crippen LogP contribution in [0.1, 0.15) is 0 Å². The summed E-state index contributed by atoms with van der Waals surface area (Å²) in [5.74, 6) is -2.96. The van der Waals surface area contributed by atoms with Crippen LogP contribution in [-0.4, -0.2) is 73.2 Å².